The number of rotatable bonds is 5. The van der Waals surface area contributed by atoms with Gasteiger partial charge in [-0.3, -0.25) is 0 Å². The Labute approximate surface area is 192 Å². The lowest BCUT2D eigenvalue weighted by Crippen LogP contribution is -2.06. The van der Waals surface area contributed by atoms with Crippen LogP contribution in [-0.4, -0.2) is 39.5 Å². The zero-order valence-corrected chi connectivity index (χ0v) is 19.5. The highest BCUT2D eigenvalue weighted by Gasteiger charge is 2.18. The molecular formula is C25H26N8. The van der Waals surface area contributed by atoms with Crippen LogP contribution in [0.2, 0.25) is 0 Å². The molecule has 0 spiro atoms. The maximum Gasteiger partial charge on any atom is 0.165 e. The van der Waals surface area contributed by atoms with Gasteiger partial charge in [-0.25, -0.2) is 29.3 Å². The van der Waals surface area contributed by atoms with Gasteiger partial charge in [-0.1, -0.05) is 26.0 Å². The molecule has 1 aromatic carbocycles. The van der Waals surface area contributed by atoms with E-state index in [0.29, 0.717) is 12.4 Å². The highest BCUT2D eigenvalue weighted by Crippen LogP contribution is 2.28. The first-order valence-corrected chi connectivity index (χ1v) is 11.0. The standard InChI is InChI=1S/C25H26N8/c1-15(2)23-22(18(5)27-14-28-23)24-26-11-20-12-29-32(25(20)30-24)13-19-6-8-21(9-7-19)33-17(4)10-16(3)31-33/h6-12,14-15H,13H2,1-5H3. The Bertz CT molecular complexity index is 1440. The summed E-state index contributed by atoms with van der Waals surface area (Å²) >= 11 is 0. The second-order valence-corrected chi connectivity index (χ2v) is 8.65. The molecule has 0 amide bonds. The monoisotopic (exact) mass is 438 g/mol. The smallest absolute Gasteiger partial charge is 0.165 e. The maximum absolute atomic E-state index is 4.88. The van der Waals surface area contributed by atoms with Gasteiger partial charge in [0.2, 0.25) is 0 Å². The molecule has 8 nitrogen and oxygen atoms in total. The van der Waals surface area contributed by atoms with Gasteiger partial charge < -0.3 is 0 Å². The Morgan fingerprint density at radius 3 is 2.42 bits per heavy atom. The Morgan fingerprint density at radius 1 is 0.939 bits per heavy atom. The quantitative estimate of drug-likeness (QED) is 0.400. The topological polar surface area (TPSA) is 87.2 Å². The second-order valence-electron chi connectivity index (χ2n) is 8.65. The minimum absolute atomic E-state index is 0.242. The fourth-order valence-corrected chi connectivity index (χ4v) is 4.11. The van der Waals surface area contributed by atoms with Crippen molar-refractivity contribution in [1.82, 2.24) is 39.5 Å². The third-order valence-corrected chi connectivity index (χ3v) is 5.74. The van der Waals surface area contributed by atoms with Crippen LogP contribution in [0.5, 0.6) is 0 Å². The first-order valence-electron chi connectivity index (χ1n) is 11.0. The second kappa shape index (κ2) is 8.20. The van der Waals surface area contributed by atoms with E-state index in [4.69, 9.17) is 4.98 Å². The lowest BCUT2D eigenvalue weighted by atomic mass is 10.0. The van der Waals surface area contributed by atoms with Gasteiger partial charge >= 0.3 is 0 Å². The van der Waals surface area contributed by atoms with Crippen molar-refractivity contribution < 1.29 is 0 Å². The number of fused-ring (bicyclic) bond motifs is 1. The third-order valence-electron chi connectivity index (χ3n) is 5.74. The molecular weight excluding hydrogens is 412 g/mol. The van der Waals surface area contributed by atoms with E-state index in [-0.39, 0.29) is 5.92 Å². The summed E-state index contributed by atoms with van der Waals surface area (Å²) in [5.74, 6) is 0.873. The number of aromatic nitrogens is 8. The molecule has 0 unspecified atom stereocenters. The van der Waals surface area contributed by atoms with Crippen molar-refractivity contribution in [1.29, 1.82) is 0 Å². The molecule has 0 saturated carbocycles. The first kappa shape index (κ1) is 20.9. The third kappa shape index (κ3) is 3.88. The van der Waals surface area contributed by atoms with Crippen LogP contribution in [0.1, 0.15) is 48.1 Å². The molecule has 5 rings (SSSR count). The number of hydrogen-bond acceptors (Lipinski definition) is 6. The van der Waals surface area contributed by atoms with Gasteiger partial charge in [0, 0.05) is 11.9 Å². The van der Waals surface area contributed by atoms with E-state index >= 15 is 0 Å². The summed E-state index contributed by atoms with van der Waals surface area (Å²) < 4.78 is 3.87. The van der Waals surface area contributed by atoms with Crippen molar-refractivity contribution in [3.05, 3.63) is 77.4 Å². The van der Waals surface area contributed by atoms with E-state index in [1.165, 1.54) is 0 Å². The molecule has 0 aliphatic rings. The lowest BCUT2D eigenvalue weighted by Gasteiger charge is -2.12. The zero-order chi connectivity index (χ0) is 23.1. The van der Waals surface area contributed by atoms with E-state index < -0.39 is 0 Å². The van der Waals surface area contributed by atoms with E-state index in [1.54, 1.807) is 12.5 Å². The molecule has 4 aromatic heterocycles. The summed E-state index contributed by atoms with van der Waals surface area (Å²) in [6.07, 6.45) is 5.23. The van der Waals surface area contributed by atoms with Crippen molar-refractivity contribution in [3.63, 3.8) is 0 Å². The number of aryl methyl sites for hydroxylation is 3. The number of benzene rings is 1. The summed E-state index contributed by atoms with van der Waals surface area (Å²) in [5.41, 5.74) is 7.81. The van der Waals surface area contributed by atoms with Crippen LogP contribution in [0.25, 0.3) is 28.1 Å². The van der Waals surface area contributed by atoms with Gasteiger partial charge in [0.15, 0.2) is 11.5 Å². The van der Waals surface area contributed by atoms with Crippen LogP contribution >= 0.6 is 0 Å². The van der Waals surface area contributed by atoms with E-state index in [0.717, 1.165) is 50.6 Å². The van der Waals surface area contributed by atoms with Crippen molar-refractivity contribution in [2.24, 2.45) is 0 Å². The minimum Gasteiger partial charge on any atom is -0.243 e. The summed E-state index contributed by atoms with van der Waals surface area (Å²) in [4.78, 5) is 18.4. The molecule has 8 heteroatoms. The van der Waals surface area contributed by atoms with Gasteiger partial charge in [0.1, 0.15) is 6.33 Å². The Morgan fingerprint density at radius 2 is 1.73 bits per heavy atom. The SMILES string of the molecule is Cc1cc(C)n(-c2ccc(Cn3ncc4cnc(-c5c(C)ncnc5C(C)C)nc43)cc2)n1. The molecule has 0 atom stereocenters. The predicted octanol–water partition coefficient (Wildman–Crippen LogP) is 4.57. The van der Waals surface area contributed by atoms with E-state index in [2.05, 4.69) is 76.3 Å². The molecule has 0 aliphatic carbocycles. The number of hydrogen-bond donors (Lipinski definition) is 0. The van der Waals surface area contributed by atoms with E-state index in [9.17, 15) is 0 Å². The average Bonchev–Trinajstić information content (AvgIpc) is 3.35. The normalized spacial score (nSPS) is 11.6. The molecule has 0 aliphatic heterocycles. The predicted molar refractivity (Wildman–Crippen MR) is 127 cm³/mol. The van der Waals surface area contributed by atoms with Crippen LogP contribution in [0, 0.1) is 20.8 Å². The van der Waals surface area contributed by atoms with Crippen LogP contribution < -0.4 is 0 Å². The van der Waals surface area contributed by atoms with Gasteiger partial charge in [-0.05, 0) is 50.5 Å². The fourth-order valence-electron chi connectivity index (χ4n) is 4.11. The van der Waals surface area contributed by atoms with Crippen LogP contribution in [0.15, 0.2) is 49.1 Å². The largest absolute Gasteiger partial charge is 0.243 e. The zero-order valence-electron chi connectivity index (χ0n) is 19.5. The summed E-state index contributed by atoms with van der Waals surface area (Å²) in [5, 5.41) is 10.0. The minimum atomic E-state index is 0.242. The van der Waals surface area contributed by atoms with Crippen LogP contribution in [0.3, 0.4) is 0 Å². The van der Waals surface area contributed by atoms with Crippen molar-refractivity contribution >= 4 is 11.0 Å². The Kier molecular flexibility index (Phi) is 5.20. The molecule has 0 fully saturated rings. The van der Waals surface area contributed by atoms with Crippen molar-refractivity contribution in [2.75, 3.05) is 0 Å². The molecule has 0 radical (unpaired) electrons. The van der Waals surface area contributed by atoms with Crippen LogP contribution in [-0.2, 0) is 6.54 Å². The van der Waals surface area contributed by atoms with Crippen LogP contribution in [0.4, 0.5) is 0 Å². The molecule has 0 bridgehead atoms. The molecule has 166 valence electrons. The molecule has 33 heavy (non-hydrogen) atoms. The Balaban J connectivity index is 1.49. The molecule has 4 heterocycles. The van der Waals surface area contributed by atoms with Gasteiger partial charge in [-0.2, -0.15) is 10.2 Å². The van der Waals surface area contributed by atoms with Crippen molar-refractivity contribution in [2.45, 2.75) is 47.1 Å². The highest BCUT2D eigenvalue weighted by molar-refractivity contribution is 5.76. The first-order chi connectivity index (χ1) is 15.9. The summed E-state index contributed by atoms with van der Waals surface area (Å²) in [7, 11) is 0. The fraction of sp³-hybridized carbons (Fsp3) is 0.280. The highest BCUT2D eigenvalue weighted by atomic mass is 15.3. The summed E-state index contributed by atoms with van der Waals surface area (Å²) in [6.45, 7) is 10.9. The van der Waals surface area contributed by atoms with E-state index in [1.807, 2.05) is 29.4 Å². The lowest BCUT2D eigenvalue weighted by molar-refractivity contribution is 0.703. The van der Waals surface area contributed by atoms with Gasteiger partial charge in [0.05, 0.1) is 46.5 Å². The molecule has 5 aromatic rings. The summed E-state index contributed by atoms with van der Waals surface area (Å²) in [6, 6.07) is 10.5. The van der Waals surface area contributed by atoms with Crippen molar-refractivity contribution in [3.8, 4) is 17.1 Å². The van der Waals surface area contributed by atoms with Gasteiger partial charge in [-0.15, -0.1) is 0 Å². The maximum atomic E-state index is 4.88. The molecule has 0 N–H and O–H groups in total. The Hall–Kier alpha value is -3.94. The number of nitrogens with zero attached hydrogens (tertiary/aromatic N) is 8. The average molecular weight is 439 g/mol. The van der Waals surface area contributed by atoms with Gasteiger partial charge in [0.25, 0.3) is 0 Å². The molecule has 0 saturated heterocycles.